The summed E-state index contributed by atoms with van der Waals surface area (Å²) < 4.78 is 7.42. The second-order valence-electron chi connectivity index (χ2n) is 3.48. The maximum absolute atomic E-state index is 5.39. The molecule has 0 amide bonds. The van der Waals surface area contributed by atoms with E-state index in [2.05, 4.69) is 30.3 Å². The molecule has 0 bridgehead atoms. The minimum atomic E-state index is 0.868. The van der Waals surface area contributed by atoms with E-state index < -0.39 is 0 Å². The van der Waals surface area contributed by atoms with E-state index in [4.69, 9.17) is 4.74 Å². The maximum Gasteiger partial charge on any atom is 0.0593 e. The Kier molecular flexibility index (Phi) is 20.4. The van der Waals surface area contributed by atoms with Crippen LogP contribution in [0.5, 0.6) is 0 Å². The summed E-state index contributed by atoms with van der Waals surface area (Å²) in [6.45, 7) is 15.0. The zero-order valence-electron chi connectivity index (χ0n) is 12.6. The average Bonchev–Trinajstić information content (AvgIpc) is 2.70. The van der Waals surface area contributed by atoms with Gasteiger partial charge >= 0.3 is 0 Å². The lowest BCUT2D eigenvalue weighted by atomic mass is 10.4. The molecule has 0 aromatic heterocycles. The standard InChI is InChI=1S/C9H20N2OS2.2C2H6/c13-9-6-11(14)4-3-10-2-1-7-12-8-5-10;2*1-2/h13-14H,1-9H2;2*1-2H3. The molecule has 1 fully saturated rings. The predicted octanol–water partition coefficient (Wildman–Crippen LogP) is 2.84. The average molecular weight is 297 g/mol. The van der Waals surface area contributed by atoms with Gasteiger partial charge in [0.15, 0.2) is 0 Å². The topological polar surface area (TPSA) is 15.7 Å². The van der Waals surface area contributed by atoms with Crippen LogP contribution in [0.2, 0.25) is 0 Å². The monoisotopic (exact) mass is 296 g/mol. The summed E-state index contributed by atoms with van der Waals surface area (Å²) in [6.07, 6.45) is 1.15. The van der Waals surface area contributed by atoms with Gasteiger partial charge in [0.05, 0.1) is 6.61 Å². The molecule has 5 heteroatoms. The van der Waals surface area contributed by atoms with Crippen molar-refractivity contribution in [3.8, 4) is 0 Å². The lowest BCUT2D eigenvalue weighted by molar-refractivity contribution is 0.140. The molecule has 1 rings (SSSR count). The van der Waals surface area contributed by atoms with Crippen molar-refractivity contribution in [3.63, 3.8) is 0 Å². The Bertz CT molecular complexity index is 143. The molecule has 0 aliphatic carbocycles. The molecule has 0 aromatic carbocycles. The number of thiol groups is 2. The molecule has 1 saturated heterocycles. The van der Waals surface area contributed by atoms with Crippen molar-refractivity contribution < 1.29 is 4.74 Å². The van der Waals surface area contributed by atoms with Gasteiger partial charge in [0, 0.05) is 45.1 Å². The highest BCUT2D eigenvalue weighted by Crippen LogP contribution is 2.00. The second-order valence-corrected chi connectivity index (χ2v) is 4.50. The zero-order chi connectivity index (χ0) is 14.2. The molecular formula is C13H32N2OS2. The normalized spacial score (nSPS) is 16.2. The van der Waals surface area contributed by atoms with Crippen molar-refractivity contribution in [1.82, 2.24) is 9.21 Å². The van der Waals surface area contributed by atoms with Crippen molar-refractivity contribution in [1.29, 1.82) is 0 Å². The fraction of sp³-hybridized carbons (Fsp3) is 1.00. The fourth-order valence-corrected chi connectivity index (χ4v) is 2.09. The van der Waals surface area contributed by atoms with Gasteiger partial charge in [-0.1, -0.05) is 40.5 Å². The van der Waals surface area contributed by atoms with E-state index in [1.54, 1.807) is 0 Å². The second kappa shape index (κ2) is 17.6. The summed E-state index contributed by atoms with van der Waals surface area (Å²) in [4.78, 5) is 2.44. The predicted molar refractivity (Wildman–Crippen MR) is 89.0 cm³/mol. The molecule has 1 aliphatic rings. The van der Waals surface area contributed by atoms with Gasteiger partial charge in [0.25, 0.3) is 0 Å². The fourth-order valence-electron chi connectivity index (χ4n) is 1.51. The van der Waals surface area contributed by atoms with Gasteiger partial charge in [-0.3, -0.25) is 9.21 Å². The van der Waals surface area contributed by atoms with Crippen LogP contribution in [0.1, 0.15) is 34.1 Å². The van der Waals surface area contributed by atoms with Crippen LogP contribution in [0.25, 0.3) is 0 Å². The highest BCUT2D eigenvalue weighted by atomic mass is 32.1. The van der Waals surface area contributed by atoms with Gasteiger partial charge in [-0.15, -0.1) is 0 Å². The van der Waals surface area contributed by atoms with Crippen LogP contribution in [0.3, 0.4) is 0 Å². The van der Waals surface area contributed by atoms with Crippen molar-refractivity contribution in [2.24, 2.45) is 0 Å². The molecule has 0 unspecified atom stereocenters. The molecule has 0 atom stereocenters. The molecule has 0 N–H and O–H groups in total. The van der Waals surface area contributed by atoms with Gasteiger partial charge in [0.1, 0.15) is 0 Å². The number of hydrogen-bond acceptors (Lipinski definition) is 5. The van der Waals surface area contributed by atoms with Gasteiger partial charge < -0.3 is 4.74 Å². The number of ether oxygens (including phenoxy) is 1. The quantitative estimate of drug-likeness (QED) is 0.759. The van der Waals surface area contributed by atoms with E-state index >= 15 is 0 Å². The molecule has 1 aliphatic heterocycles. The third kappa shape index (κ3) is 13.0. The van der Waals surface area contributed by atoms with Crippen molar-refractivity contribution in [2.75, 3.05) is 51.7 Å². The summed E-state index contributed by atoms with van der Waals surface area (Å²) in [7, 11) is 0. The molecule has 0 saturated carbocycles. The van der Waals surface area contributed by atoms with E-state index in [0.29, 0.717) is 0 Å². The van der Waals surface area contributed by atoms with Gasteiger partial charge in [0.2, 0.25) is 0 Å². The molecule has 0 radical (unpaired) electrons. The molecule has 18 heavy (non-hydrogen) atoms. The van der Waals surface area contributed by atoms with Crippen LogP contribution in [0.4, 0.5) is 0 Å². The molecule has 0 aromatic rings. The van der Waals surface area contributed by atoms with Crippen LogP contribution in [-0.4, -0.2) is 60.9 Å². The Balaban J connectivity index is 0. The minimum absolute atomic E-state index is 0.868. The van der Waals surface area contributed by atoms with Crippen molar-refractivity contribution in [2.45, 2.75) is 34.1 Å². The largest absolute Gasteiger partial charge is 0.380 e. The summed E-state index contributed by atoms with van der Waals surface area (Å²) in [5, 5.41) is 0. The highest BCUT2D eigenvalue weighted by Gasteiger charge is 2.09. The summed E-state index contributed by atoms with van der Waals surface area (Å²) in [5.41, 5.74) is 0. The van der Waals surface area contributed by atoms with Crippen LogP contribution in [0, 0.1) is 0 Å². The third-order valence-electron chi connectivity index (χ3n) is 2.35. The van der Waals surface area contributed by atoms with E-state index in [-0.39, 0.29) is 0 Å². The van der Waals surface area contributed by atoms with E-state index in [1.807, 2.05) is 32.0 Å². The van der Waals surface area contributed by atoms with Crippen LogP contribution in [-0.2, 0) is 4.74 Å². The Hall–Kier alpha value is 0.580. The van der Waals surface area contributed by atoms with Gasteiger partial charge in [-0.05, 0) is 6.42 Å². The third-order valence-corrected chi connectivity index (χ3v) is 2.95. The molecule has 0 spiro atoms. The highest BCUT2D eigenvalue weighted by molar-refractivity contribution is 7.80. The lowest BCUT2D eigenvalue weighted by Crippen LogP contribution is -2.33. The lowest BCUT2D eigenvalue weighted by Gasteiger charge is -2.22. The number of nitrogens with zero attached hydrogens (tertiary/aromatic N) is 2. The Labute approximate surface area is 125 Å². The van der Waals surface area contributed by atoms with Gasteiger partial charge in [-0.2, -0.15) is 12.6 Å². The first-order valence-corrected chi connectivity index (χ1v) is 8.21. The maximum atomic E-state index is 5.39. The van der Waals surface area contributed by atoms with Crippen LogP contribution >= 0.6 is 25.4 Å². The first-order valence-electron chi connectivity index (χ1n) is 7.17. The van der Waals surface area contributed by atoms with E-state index in [1.165, 1.54) is 0 Å². The summed E-state index contributed by atoms with van der Waals surface area (Å²) in [5.74, 6) is 0.868. The van der Waals surface area contributed by atoms with Gasteiger partial charge in [-0.25, -0.2) is 0 Å². The Morgan fingerprint density at radius 1 is 1.06 bits per heavy atom. The summed E-state index contributed by atoms with van der Waals surface area (Å²) in [6, 6.07) is 0. The Morgan fingerprint density at radius 2 is 1.72 bits per heavy atom. The SMILES string of the molecule is CC.CC.SCCN(S)CCN1CCCOCC1. The first-order chi connectivity index (χ1) is 8.83. The zero-order valence-corrected chi connectivity index (χ0v) is 14.3. The first kappa shape index (κ1) is 20.9. The van der Waals surface area contributed by atoms with Crippen LogP contribution in [0.15, 0.2) is 0 Å². The smallest absolute Gasteiger partial charge is 0.0593 e. The van der Waals surface area contributed by atoms with Crippen molar-refractivity contribution >= 4 is 25.4 Å². The Morgan fingerprint density at radius 3 is 2.33 bits per heavy atom. The molecule has 3 nitrogen and oxygen atoms in total. The molecule has 112 valence electrons. The minimum Gasteiger partial charge on any atom is -0.380 e. The number of hydrogen-bond donors (Lipinski definition) is 2. The van der Waals surface area contributed by atoms with Crippen LogP contribution < -0.4 is 0 Å². The molecular weight excluding hydrogens is 264 g/mol. The summed E-state index contributed by atoms with van der Waals surface area (Å²) >= 11 is 8.54. The van der Waals surface area contributed by atoms with E-state index in [0.717, 1.165) is 58.1 Å². The molecule has 1 heterocycles. The van der Waals surface area contributed by atoms with Crippen molar-refractivity contribution in [3.05, 3.63) is 0 Å². The van der Waals surface area contributed by atoms with E-state index in [9.17, 15) is 0 Å². The number of rotatable bonds is 5.